The third kappa shape index (κ3) is 3.02. The second-order valence-corrected chi connectivity index (χ2v) is 7.51. The number of carbonyl (C=O) groups excluding carboxylic acids is 1. The summed E-state index contributed by atoms with van der Waals surface area (Å²) in [5, 5.41) is 0. The van der Waals surface area contributed by atoms with E-state index in [0.29, 0.717) is 18.6 Å². The van der Waals surface area contributed by atoms with Crippen LogP contribution >= 0.6 is 0 Å². The predicted octanol–water partition coefficient (Wildman–Crippen LogP) is 1.86. The number of carbonyl (C=O) groups is 1. The van der Waals surface area contributed by atoms with E-state index in [1.54, 1.807) is 0 Å². The number of nitrogens with zero attached hydrogens (tertiary/aromatic N) is 2. The standard InChI is InChI=1S/C17H25BN2O3/c1-12-10-15(20-8-6-13(21)7-9-20)19-11-14(12)18-22-16(2,3)17(4,5)23-18/h10-11H,6-9H2,1-5H3. The molecule has 0 spiro atoms. The number of piperidine rings is 1. The molecule has 2 aliphatic heterocycles. The van der Waals surface area contributed by atoms with Gasteiger partial charge < -0.3 is 14.2 Å². The van der Waals surface area contributed by atoms with Crippen molar-refractivity contribution in [3.8, 4) is 0 Å². The number of pyridine rings is 1. The van der Waals surface area contributed by atoms with Gasteiger partial charge in [0, 0.05) is 37.6 Å². The lowest BCUT2D eigenvalue weighted by molar-refractivity contribution is -0.119. The van der Waals surface area contributed by atoms with Gasteiger partial charge in [-0.25, -0.2) is 4.98 Å². The Kier molecular flexibility index (Phi) is 4.01. The van der Waals surface area contributed by atoms with E-state index in [2.05, 4.69) is 50.6 Å². The van der Waals surface area contributed by atoms with Crippen LogP contribution in [0.15, 0.2) is 12.3 Å². The van der Waals surface area contributed by atoms with E-state index in [1.807, 2.05) is 6.20 Å². The third-order valence-corrected chi connectivity index (χ3v) is 5.29. The molecule has 5 nitrogen and oxygen atoms in total. The summed E-state index contributed by atoms with van der Waals surface area (Å²) in [6, 6.07) is 2.07. The van der Waals surface area contributed by atoms with Gasteiger partial charge in [-0.05, 0) is 46.2 Å². The summed E-state index contributed by atoms with van der Waals surface area (Å²) in [5.41, 5.74) is 1.37. The molecular weight excluding hydrogens is 291 g/mol. The summed E-state index contributed by atoms with van der Waals surface area (Å²) >= 11 is 0. The lowest BCUT2D eigenvalue weighted by atomic mass is 9.77. The average molecular weight is 316 g/mol. The Balaban J connectivity index is 1.79. The highest BCUT2D eigenvalue weighted by Crippen LogP contribution is 2.36. The van der Waals surface area contributed by atoms with Crippen molar-refractivity contribution in [2.75, 3.05) is 18.0 Å². The highest BCUT2D eigenvalue weighted by molar-refractivity contribution is 6.62. The summed E-state index contributed by atoms with van der Waals surface area (Å²) in [5.74, 6) is 1.27. The Morgan fingerprint density at radius 3 is 2.22 bits per heavy atom. The molecule has 0 unspecified atom stereocenters. The minimum absolute atomic E-state index is 0.340. The maximum atomic E-state index is 11.4. The van der Waals surface area contributed by atoms with Crippen molar-refractivity contribution < 1.29 is 14.1 Å². The highest BCUT2D eigenvalue weighted by Gasteiger charge is 2.52. The minimum Gasteiger partial charge on any atom is -0.399 e. The van der Waals surface area contributed by atoms with Gasteiger partial charge in [0.15, 0.2) is 0 Å². The van der Waals surface area contributed by atoms with Crippen LogP contribution in [-0.2, 0) is 14.1 Å². The van der Waals surface area contributed by atoms with E-state index in [0.717, 1.165) is 29.9 Å². The molecule has 2 saturated heterocycles. The Morgan fingerprint density at radius 2 is 1.70 bits per heavy atom. The van der Waals surface area contributed by atoms with Crippen molar-refractivity contribution in [1.29, 1.82) is 0 Å². The van der Waals surface area contributed by atoms with Gasteiger partial charge >= 0.3 is 7.12 Å². The summed E-state index contributed by atoms with van der Waals surface area (Å²) in [4.78, 5) is 18.1. The highest BCUT2D eigenvalue weighted by atomic mass is 16.7. The maximum absolute atomic E-state index is 11.4. The van der Waals surface area contributed by atoms with E-state index in [4.69, 9.17) is 9.31 Å². The third-order valence-electron chi connectivity index (χ3n) is 5.29. The fraction of sp³-hybridized carbons (Fsp3) is 0.647. The van der Waals surface area contributed by atoms with Crippen molar-refractivity contribution in [2.45, 2.75) is 58.7 Å². The van der Waals surface area contributed by atoms with Crippen molar-refractivity contribution in [2.24, 2.45) is 0 Å². The molecule has 124 valence electrons. The van der Waals surface area contributed by atoms with Gasteiger partial charge in [-0.3, -0.25) is 4.79 Å². The number of aromatic nitrogens is 1. The molecule has 0 radical (unpaired) electrons. The molecule has 3 rings (SSSR count). The van der Waals surface area contributed by atoms with Gasteiger partial charge in [0.2, 0.25) is 0 Å². The molecule has 6 heteroatoms. The molecule has 0 atom stereocenters. The summed E-state index contributed by atoms with van der Waals surface area (Å²) in [6.07, 6.45) is 3.07. The first kappa shape index (κ1) is 16.5. The number of rotatable bonds is 2. The fourth-order valence-corrected chi connectivity index (χ4v) is 2.93. The van der Waals surface area contributed by atoms with Crippen LogP contribution in [0.4, 0.5) is 5.82 Å². The monoisotopic (exact) mass is 316 g/mol. The lowest BCUT2D eigenvalue weighted by Crippen LogP contribution is -2.41. The quantitative estimate of drug-likeness (QED) is 0.780. The molecule has 0 N–H and O–H groups in total. The summed E-state index contributed by atoms with van der Waals surface area (Å²) < 4.78 is 12.2. The van der Waals surface area contributed by atoms with E-state index < -0.39 is 0 Å². The van der Waals surface area contributed by atoms with Crippen LogP contribution in [0.1, 0.15) is 46.1 Å². The lowest BCUT2D eigenvalue weighted by Gasteiger charge is -2.32. The number of Topliss-reactive ketones (excluding diaryl/α,β-unsaturated/α-hetero) is 1. The largest absolute Gasteiger partial charge is 0.496 e. The molecular formula is C17H25BN2O3. The molecule has 0 amide bonds. The molecule has 0 aromatic carbocycles. The van der Waals surface area contributed by atoms with Crippen LogP contribution in [0.5, 0.6) is 0 Å². The first-order chi connectivity index (χ1) is 10.7. The number of hydrogen-bond acceptors (Lipinski definition) is 5. The first-order valence-corrected chi connectivity index (χ1v) is 8.28. The zero-order valence-corrected chi connectivity index (χ0v) is 14.7. The Labute approximate surface area is 138 Å². The van der Waals surface area contributed by atoms with Crippen molar-refractivity contribution in [1.82, 2.24) is 4.98 Å². The molecule has 2 fully saturated rings. The molecule has 1 aromatic rings. The van der Waals surface area contributed by atoms with Gasteiger partial charge in [0.1, 0.15) is 11.6 Å². The SMILES string of the molecule is Cc1cc(N2CCC(=O)CC2)ncc1B1OC(C)(C)C(C)(C)O1. The second kappa shape index (κ2) is 5.60. The molecule has 1 aromatic heterocycles. The molecule has 3 heterocycles. The number of aryl methyl sites for hydroxylation is 1. The Hall–Kier alpha value is -1.40. The van der Waals surface area contributed by atoms with Crippen LogP contribution in [-0.4, -0.2) is 42.2 Å². The van der Waals surface area contributed by atoms with E-state index in [1.165, 1.54) is 0 Å². The molecule has 0 saturated carbocycles. The van der Waals surface area contributed by atoms with Gasteiger partial charge in [0.05, 0.1) is 11.2 Å². The Bertz CT molecular complexity index is 604. The zero-order valence-electron chi connectivity index (χ0n) is 14.7. The van der Waals surface area contributed by atoms with Crippen molar-refractivity contribution in [3.05, 3.63) is 17.8 Å². The fourth-order valence-electron chi connectivity index (χ4n) is 2.93. The second-order valence-electron chi connectivity index (χ2n) is 7.51. The van der Waals surface area contributed by atoms with Crippen molar-refractivity contribution in [3.63, 3.8) is 0 Å². The van der Waals surface area contributed by atoms with Crippen molar-refractivity contribution >= 4 is 24.2 Å². The topological polar surface area (TPSA) is 51.7 Å². The van der Waals surface area contributed by atoms with Crippen LogP contribution in [0.2, 0.25) is 0 Å². The van der Waals surface area contributed by atoms with Gasteiger partial charge in [0.25, 0.3) is 0 Å². The Morgan fingerprint density at radius 1 is 1.13 bits per heavy atom. The van der Waals surface area contributed by atoms with Gasteiger partial charge in [-0.15, -0.1) is 0 Å². The molecule has 2 aliphatic rings. The number of anilines is 1. The van der Waals surface area contributed by atoms with Crippen LogP contribution in [0.3, 0.4) is 0 Å². The number of hydrogen-bond donors (Lipinski definition) is 0. The first-order valence-electron chi connectivity index (χ1n) is 8.28. The van der Waals surface area contributed by atoms with Crippen LogP contribution in [0, 0.1) is 6.92 Å². The minimum atomic E-state index is -0.385. The van der Waals surface area contributed by atoms with Crippen LogP contribution in [0.25, 0.3) is 0 Å². The normalized spacial score (nSPS) is 23.4. The molecule has 23 heavy (non-hydrogen) atoms. The summed E-state index contributed by atoms with van der Waals surface area (Å²) in [7, 11) is -0.385. The number of ketones is 1. The van der Waals surface area contributed by atoms with Gasteiger partial charge in [-0.2, -0.15) is 0 Å². The van der Waals surface area contributed by atoms with Gasteiger partial charge in [-0.1, -0.05) is 0 Å². The predicted molar refractivity (Wildman–Crippen MR) is 91.1 cm³/mol. The zero-order chi connectivity index (χ0) is 16.8. The molecule has 0 aliphatic carbocycles. The smallest absolute Gasteiger partial charge is 0.399 e. The average Bonchev–Trinajstić information content (AvgIpc) is 2.68. The van der Waals surface area contributed by atoms with E-state index in [-0.39, 0.29) is 18.3 Å². The van der Waals surface area contributed by atoms with Crippen LogP contribution < -0.4 is 10.4 Å². The van der Waals surface area contributed by atoms with E-state index in [9.17, 15) is 4.79 Å². The molecule has 0 bridgehead atoms. The summed E-state index contributed by atoms with van der Waals surface area (Å²) in [6.45, 7) is 11.8. The maximum Gasteiger partial charge on any atom is 0.496 e. The van der Waals surface area contributed by atoms with E-state index >= 15 is 0 Å².